The van der Waals surface area contributed by atoms with Gasteiger partial charge in [-0.25, -0.2) is 4.39 Å². The molecule has 1 amide bonds. The summed E-state index contributed by atoms with van der Waals surface area (Å²) in [7, 11) is 1.68. The first-order valence-electron chi connectivity index (χ1n) is 10.0. The lowest BCUT2D eigenvalue weighted by Gasteiger charge is -2.26. The minimum Gasteiger partial charge on any atom is -0.387 e. The van der Waals surface area contributed by atoms with Gasteiger partial charge in [0.05, 0.1) is 18.6 Å². The Morgan fingerprint density at radius 1 is 1.00 bits per heavy atom. The summed E-state index contributed by atoms with van der Waals surface area (Å²) < 4.78 is 13.3. The molecule has 5 heteroatoms. The van der Waals surface area contributed by atoms with Crippen LogP contribution < -0.4 is 5.73 Å². The molecule has 3 N–H and O–H groups in total. The normalized spacial score (nSPS) is 12.9. The Balaban J connectivity index is 1.73. The minimum atomic E-state index is -0.759. The number of nitrogens with zero attached hydrogens (tertiary/aromatic N) is 1. The summed E-state index contributed by atoms with van der Waals surface area (Å²) in [4.78, 5) is 14.6. The van der Waals surface area contributed by atoms with Crippen LogP contribution in [0.3, 0.4) is 0 Å². The Bertz CT molecular complexity index is 960. The molecule has 0 radical (unpaired) electrons. The third-order valence-electron chi connectivity index (χ3n) is 5.28. The molecule has 0 heterocycles. The Kier molecular flexibility index (Phi) is 7.33. The number of halogens is 1. The topological polar surface area (TPSA) is 66.6 Å². The van der Waals surface area contributed by atoms with E-state index < -0.39 is 12.0 Å². The van der Waals surface area contributed by atoms with Crippen LogP contribution in [0.4, 0.5) is 4.39 Å². The number of carbonyl (C=O) groups is 1. The average molecular weight is 407 g/mol. The fourth-order valence-electron chi connectivity index (χ4n) is 3.59. The molecule has 0 bridgehead atoms. The lowest BCUT2D eigenvalue weighted by atomic mass is 9.91. The van der Waals surface area contributed by atoms with Crippen LogP contribution in [0.1, 0.15) is 17.2 Å². The molecule has 0 aliphatic heterocycles. The van der Waals surface area contributed by atoms with Crippen LogP contribution in [-0.2, 0) is 11.2 Å². The van der Waals surface area contributed by atoms with E-state index in [-0.39, 0.29) is 24.8 Å². The highest BCUT2D eigenvalue weighted by Crippen LogP contribution is 2.26. The van der Waals surface area contributed by atoms with E-state index in [2.05, 4.69) is 0 Å². The fraction of sp³-hybridized carbons (Fsp3) is 0.240. The number of carbonyl (C=O) groups excluding carboxylic acids is 1. The lowest BCUT2D eigenvalue weighted by molar-refractivity contribution is -0.135. The first-order valence-corrected chi connectivity index (χ1v) is 10.0. The van der Waals surface area contributed by atoms with Crippen molar-refractivity contribution in [3.05, 3.63) is 95.8 Å². The zero-order chi connectivity index (χ0) is 21.5. The van der Waals surface area contributed by atoms with Crippen molar-refractivity contribution in [1.82, 2.24) is 4.90 Å². The Hall–Kier alpha value is -3.02. The van der Waals surface area contributed by atoms with E-state index in [1.807, 2.05) is 54.6 Å². The van der Waals surface area contributed by atoms with Gasteiger partial charge in [0.25, 0.3) is 0 Å². The van der Waals surface area contributed by atoms with Gasteiger partial charge in [-0.05, 0) is 40.8 Å². The van der Waals surface area contributed by atoms with Gasteiger partial charge in [-0.2, -0.15) is 0 Å². The molecule has 4 nitrogen and oxygen atoms in total. The fourth-order valence-corrected chi connectivity index (χ4v) is 3.59. The van der Waals surface area contributed by atoms with Crippen molar-refractivity contribution in [2.75, 3.05) is 20.1 Å². The number of aliphatic hydroxyl groups is 1. The second-order valence-corrected chi connectivity index (χ2v) is 7.45. The summed E-state index contributed by atoms with van der Waals surface area (Å²) >= 11 is 0. The number of amides is 1. The number of nitrogens with two attached hydrogens (primary N) is 1. The van der Waals surface area contributed by atoms with Crippen LogP contribution in [0.25, 0.3) is 11.1 Å². The van der Waals surface area contributed by atoms with Gasteiger partial charge in [-0.1, -0.05) is 66.7 Å². The van der Waals surface area contributed by atoms with Crippen LogP contribution in [0.5, 0.6) is 0 Å². The van der Waals surface area contributed by atoms with Gasteiger partial charge in [0, 0.05) is 13.6 Å². The molecule has 0 fully saturated rings. The van der Waals surface area contributed by atoms with Crippen LogP contribution in [0, 0.1) is 11.7 Å². The number of hydrogen-bond acceptors (Lipinski definition) is 3. The van der Waals surface area contributed by atoms with Gasteiger partial charge in [0.1, 0.15) is 5.82 Å². The van der Waals surface area contributed by atoms with Gasteiger partial charge in [-0.15, -0.1) is 0 Å². The monoisotopic (exact) mass is 406 g/mol. The van der Waals surface area contributed by atoms with E-state index in [0.717, 1.165) is 22.3 Å². The summed E-state index contributed by atoms with van der Waals surface area (Å²) in [5.74, 6) is -0.814. The highest BCUT2D eigenvalue weighted by molar-refractivity contribution is 5.80. The van der Waals surface area contributed by atoms with E-state index in [9.17, 15) is 14.3 Å². The average Bonchev–Trinajstić information content (AvgIpc) is 2.78. The van der Waals surface area contributed by atoms with Crippen LogP contribution in [-0.4, -0.2) is 36.1 Å². The van der Waals surface area contributed by atoms with Crippen molar-refractivity contribution in [3.8, 4) is 11.1 Å². The molecule has 0 spiro atoms. The molecular formula is C25H27FN2O2. The molecule has 2 atom stereocenters. The zero-order valence-corrected chi connectivity index (χ0v) is 17.0. The summed E-state index contributed by atoms with van der Waals surface area (Å²) in [5.41, 5.74) is 9.54. The maximum Gasteiger partial charge on any atom is 0.227 e. The predicted octanol–water partition coefficient (Wildman–Crippen LogP) is 3.80. The second-order valence-electron chi connectivity index (χ2n) is 7.45. The van der Waals surface area contributed by atoms with Crippen molar-refractivity contribution in [3.63, 3.8) is 0 Å². The van der Waals surface area contributed by atoms with Crippen molar-refractivity contribution in [2.45, 2.75) is 12.5 Å². The third kappa shape index (κ3) is 5.32. The van der Waals surface area contributed by atoms with Crippen LogP contribution in [0.15, 0.2) is 78.9 Å². The number of aliphatic hydroxyl groups excluding tert-OH is 1. The predicted molar refractivity (Wildman–Crippen MR) is 117 cm³/mol. The smallest absolute Gasteiger partial charge is 0.227 e. The molecule has 156 valence electrons. The first-order chi connectivity index (χ1) is 14.5. The molecule has 0 aliphatic rings. The van der Waals surface area contributed by atoms with E-state index >= 15 is 0 Å². The zero-order valence-electron chi connectivity index (χ0n) is 17.0. The molecule has 0 aromatic heterocycles. The standard InChI is InChI=1S/C25H27FN2O2/c1-28(17-24(29)19-7-3-2-4-8-19)25(30)21(16-27)15-20-9-5-6-10-23(20)18-11-13-22(26)14-12-18/h2-14,21,24,29H,15-17,27H2,1H3/t21-,24?/m0/s1. The number of hydrogen-bond donors (Lipinski definition) is 2. The van der Waals surface area contributed by atoms with E-state index in [4.69, 9.17) is 5.73 Å². The minimum absolute atomic E-state index is 0.110. The van der Waals surface area contributed by atoms with Gasteiger partial charge in [0.15, 0.2) is 0 Å². The van der Waals surface area contributed by atoms with Gasteiger partial charge >= 0.3 is 0 Å². The van der Waals surface area contributed by atoms with Crippen LogP contribution >= 0.6 is 0 Å². The second kappa shape index (κ2) is 10.1. The Labute approximate surface area is 176 Å². The van der Waals surface area contributed by atoms with Crippen molar-refractivity contribution in [2.24, 2.45) is 11.7 Å². The molecule has 3 aromatic carbocycles. The molecule has 0 aliphatic carbocycles. The summed E-state index contributed by atoms with van der Waals surface area (Å²) in [6, 6.07) is 23.4. The first kappa shape index (κ1) is 21.7. The molecule has 30 heavy (non-hydrogen) atoms. The van der Waals surface area contributed by atoms with Crippen LogP contribution in [0.2, 0.25) is 0 Å². The highest BCUT2D eigenvalue weighted by atomic mass is 19.1. The maximum absolute atomic E-state index is 13.3. The maximum atomic E-state index is 13.3. The highest BCUT2D eigenvalue weighted by Gasteiger charge is 2.24. The van der Waals surface area contributed by atoms with E-state index in [0.29, 0.717) is 6.42 Å². The summed E-state index contributed by atoms with van der Waals surface area (Å²) in [5, 5.41) is 10.4. The molecule has 1 unspecified atom stereocenters. The van der Waals surface area contributed by atoms with E-state index in [1.54, 1.807) is 19.2 Å². The van der Waals surface area contributed by atoms with Gasteiger partial charge in [-0.3, -0.25) is 4.79 Å². The largest absolute Gasteiger partial charge is 0.387 e. The molecule has 3 aromatic rings. The Morgan fingerprint density at radius 2 is 1.63 bits per heavy atom. The van der Waals surface area contributed by atoms with Gasteiger partial charge < -0.3 is 15.7 Å². The molecule has 0 saturated carbocycles. The summed E-state index contributed by atoms with van der Waals surface area (Å²) in [6.45, 7) is 0.390. The van der Waals surface area contributed by atoms with Crippen molar-refractivity contribution >= 4 is 5.91 Å². The third-order valence-corrected chi connectivity index (χ3v) is 5.28. The molecule has 0 saturated heterocycles. The SMILES string of the molecule is CN(CC(O)c1ccccc1)C(=O)[C@H](CN)Cc1ccccc1-c1ccc(F)cc1. The number of benzene rings is 3. The van der Waals surface area contributed by atoms with Crippen molar-refractivity contribution < 1.29 is 14.3 Å². The molecule has 3 rings (SSSR count). The van der Waals surface area contributed by atoms with E-state index in [1.165, 1.54) is 17.0 Å². The van der Waals surface area contributed by atoms with Gasteiger partial charge in [0.2, 0.25) is 5.91 Å². The number of rotatable bonds is 8. The Morgan fingerprint density at radius 3 is 2.30 bits per heavy atom. The molecular weight excluding hydrogens is 379 g/mol. The number of likely N-dealkylation sites (N-methyl/N-ethyl adjacent to an activating group) is 1. The van der Waals surface area contributed by atoms with Crippen molar-refractivity contribution in [1.29, 1.82) is 0 Å². The summed E-state index contributed by atoms with van der Waals surface area (Å²) in [6.07, 6.45) is -0.292. The lowest BCUT2D eigenvalue weighted by Crippen LogP contribution is -2.39. The quantitative estimate of drug-likeness (QED) is 0.598.